The van der Waals surface area contributed by atoms with E-state index in [0.717, 1.165) is 0 Å². The summed E-state index contributed by atoms with van der Waals surface area (Å²) in [6.07, 6.45) is -1.73. The van der Waals surface area contributed by atoms with Gasteiger partial charge in [0, 0.05) is 5.57 Å². The molecular formula is C8H13F3. The molecule has 0 radical (unpaired) electrons. The monoisotopic (exact) mass is 166 g/mol. The van der Waals surface area contributed by atoms with Crippen molar-refractivity contribution >= 4 is 0 Å². The lowest BCUT2D eigenvalue weighted by molar-refractivity contribution is -0.0942. The fourth-order valence-electron chi connectivity index (χ4n) is 0.875. The van der Waals surface area contributed by atoms with E-state index in [2.05, 4.69) is 0 Å². The van der Waals surface area contributed by atoms with Crippen molar-refractivity contribution in [2.75, 3.05) is 0 Å². The summed E-state index contributed by atoms with van der Waals surface area (Å²) in [5.74, 6) is 0. The highest BCUT2D eigenvalue weighted by atomic mass is 19.4. The van der Waals surface area contributed by atoms with E-state index in [0.29, 0.717) is 12.8 Å². The number of alkyl halides is 3. The van der Waals surface area contributed by atoms with Crippen LogP contribution in [0.3, 0.4) is 0 Å². The maximum atomic E-state index is 12.0. The quantitative estimate of drug-likeness (QED) is 0.561. The van der Waals surface area contributed by atoms with Crippen molar-refractivity contribution in [3.63, 3.8) is 0 Å². The van der Waals surface area contributed by atoms with Crippen LogP contribution >= 0.6 is 0 Å². The van der Waals surface area contributed by atoms with Crippen molar-refractivity contribution < 1.29 is 13.2 Å². The van der Waals surface area contributed by atoms with Crippen LogP contribution in [0.15, 0.2) is 11.6 Å². The molecule has 0 bridgehead atoms. The predicted octanol–water partition coefficient (Wildman–Crippen LogP) is 3.69. The molecule has 0 nitrogen and oxygen atoms in total. The van der Waals surface area contributed by atoms with Gasteiger partial charge in [-0.15, -0.1) is 0 Å². The van der Waals surface area contributed by atoms with Crippen molar-refractivity contribution in [3.8, 4) is 0 Å². The van der Waals surface area contributed by atoms with Gasteiger partial charge in [-0.2, -0.15) is 13.2 Å². The van der Waals surface area contributed by atoms with Gasteiger partial charge >= 0.3 is 6.18 Å². The lowest BCUT2D eigenvalue weighted by Crippen LogP contribution is -2.11. The molecule has 0 rings (SSSR count). The summed E-state index contributed by atoms with van der Waals surface area (Å²) in [5.41, 5.74) is -0.387. The molecule has 3 heteroatoms. The molecule has 0 atom stereocenters. The smallest absolute Gasteiger partial charge is 0.166 e. The molecule has 0 fully saturated rings. The van der Waals surface area contributed by atoms with E-state index in [1.165, 1.54) is 6.08 Å². The second-order valence-corrected chi connectivity index (χ2v) is 2.39. The van der Waals surface area contributed by atoms with Gasteiger partial charge in [0.2, 0.25) is 0 Å². The Bertz CT molecular complexity index is 133. The Kier molecular flexibility index (Phi) is 4.23. The van der Waals surface area contributed by atoms with E-state index in [1.54, 1.807) is 13.8 Å². The van der Waals surface area contributed by atoms with E-state index in [1.807, 2.05) is 0 Å². The third kappa shape index (κ3) is 4.06. The fourth-order valence-corrected chi connectivity index (χ4v) is 0.875. The van der Waals surface area contributed by atoms with Crippen LogP contribution in [0.2, 0.25) is 0 Å². The van der Waals surface area contributed by atoms with E-state index in [9.17, 15) is 13.2 Å². The fraction of sp³-hybridized carbons (Fsp3) is 0.750. The molecule has 66 valence electrons. The van der Waals surface area contributed by atoms with Crippen LogP contribution in [0, 0.1) is 0 Å². The minimum atomic E-state index is -4.12. The highest BCUT2D eigenvalue weighted by Crippen LogP contribution is 2.29. The highest BCUT2D eigenvalue weighted by molar-refractivity contribution is 5.08. The highest BCUT2D eigenvalue weighted by Gasteiger charge is 2.31. The lowest BCUT2D eigenvalue weighted by Gasteiger charge is -2.09. The van der Waals surface area contributed by atoms with Crippen LogP contribution in [0.1, 0.15) is 33.1 Å². The summed E-state index contributed by atoms with van der Waals surface area (Å²) in [5, 5.41) is 0. The number of hydrogen-bond acceptors (Lipinski definition) is 0. The van der Waals surface area contributed by atoms with Crippen molar-refractivity contribution in [1.82, 2.24) is 0 Å². The second kappa shape index (κ2) is 4.42. The molecule has 0 spiro atoms. The van der Waals surface area contributed by atoms with Gasteiger partial charge in [0.05, 0.1) is 0 Å². The number of hydrogen-bond donors (Lipinski definition) is 0. The first kappa shape index (κ1) is 10.5. The van der Waals surface area contributed by atoms with Gasteiger partial charge in [0.25, 0.3) is 0 Å². The maximum Gasteiger partial charge on any atom is 0.412 e. The SMILES string of the molecule is CC/C=C(/CCC)C(F)(F)F. The lowest BCUT2D eigenvalue weighted by atomic mass is 10.1. The van der Waals surface area contributed by atoms with Gasteiger partial charge in [-0.05, 0) is 12.8 Å². The van der Waals surface area contributed by atoms with Crippen molar-refractivity contribution in [1.29, 1.82) is 0 Å². The molecule has 0 saturated carbocycles. The molecule has 0 N–H and O–H groups in total. The normalized spacial score (nSPS) is 13.7. The molecule has 0 aromatic rings. The molecule has 0 aliphatic heterocycles. The third-order valence-corrected chi connectivity index (χ3v) is 1.33. The maximum absolute atomic E-state index is 12.0. The molecule has 0 aliphatic rings. The van der Waals surface area contributed by atoms with Gasteiger partial charge in [-0.3, -0.25) is 0 Å². The van der Waals surface area contributed by atoms with Crippen molar-refractivity contribution in [3.05, 3.63) is 11.6 Å². The largest absolute Gasteiger partial charge is 0.412 e. The zero-order valence-electron chi connectivity index (χ0n) is 6.83. The number of allylic oxidation sites excluding steroid dienone is 2. The van der Waals surface area contributed by atoms with E-state index in [4.69, 9.17) is 0 Å². The van der Waals surface area contributed by atoms with Gasteiger partial charge in [0.15, 0.2) is 0 Å². The topological polar surface area (TPSA) is 0 Å². The van der Waals surface area contributed by atoms with Gasteiger partial charge in [-0.1, -0.05) is 26.3 Å². The van der Waals surface area contributed by atoms with Crippen LogP contribution in [0.4, 0.5) is 13.2 Å². The molecule has 11 heavy (non-hydrogen) atoms. The standard InChI is InChI=1S/C8H13F3/c1-3-5-7(6-4-2)8(9,10)11/h5H,3-4,6H2,1-2H3/b7-5-. The van der Waals surface area contributed by atoms with Gasteiger partial charge < -0.3 is 0 Å². The minimum absolute atomic E-state index is 0.136. The average molecular weight is 166 g/mol. The second-order valence-electron chi connectivity index (χ2n) is 2.39. The van der Waals surface area contributed by atoms with Crippen LogP contribution in [0.5, 0.6) is 0 Å². The molecule has 0 aromatic carbocycles. The first-order chi connectivity index (χ1) is 5.02. The Labute approximate surface area is 65.1 Å². The van der Waals surface area contributed by atoms with Crippen LogP contribution in [-0.4, -0.2) is 6.18 Å². The molecule has 0 amide bonds. The number of halogens is 3. The van der Waals surface area contributed by atoms with Gasteiger partial charge in [-0.25, -0.2) is 0 Å². The Morgan fingerprint density at radius 2 is 1.82 bits per heavy atom. The van der Waals surface area contributed by atoms with Crippen LogP contribution in [0.25, 0.3) is 0 Å². The molecule has 0 unspecified atom stereocenters. The summed E-state index contributed by atoms with van der Waals surface area (Å²) >= 11 is 0. The van der Waals surface area contributed by atoms with Crippen molar-refractivity contribution in [2.45, 2.75) is 39.3 Å². The molecule has 0 aliphatic carbocycles. The summed E-state index contributed by atoms with van der Waals surface area (Å²) in [6, 6.07) is 0. The van der Waals surface area contributed by atoms with E-state index < -0.39 is 6.18 Å². The molecule has 0 aromatic heterocycles. The first-order valence-corrected chi connectivity index (χ1v) is 3.78. The van der Waals surface area contributed by atoms with Crippen LogP contribution < -0.4 is 0 Å². The summed E-state index contributed by atoms with van der Waals surface area (Å²) in [4.78, 5) is 0. The minimum Gasteiger partial charge on any atom is -0.166 e. The first-order valence-electron chi connectivity index (χ1n) is 3.78. The molecular weight excluding hydrogens is 153 g/mol. The van der Waals surface area contributed by atoms with Crippen molar-refractivity contribution in [2.24, 2.45) is 0 Å². The number of rotatable bonds is 3. The molecule has 0 saturated heterocycles. The predicted molar refractivity (Wildman–Crippen MR) is 39.3 cm³/mol. The Hall–Kier alpha value is -0.470. The zero-order chi connectivity index (χ0) is 8.91. The average Bonchev–Trinajstić information content (AvgIpc) is 1.85. The third-order valence-electron chi connectivity index (χ3n) is 1.33. The van der Waals surface area contributed by atoms with E-state index >= 15 is 0 Å². The van der Waals surface area contributed by atoms with E-state index in [-0.39, 0.29) is 12.0 Å². The summed E-state index contributed by atoms with van der Waals surface area (Å²) in [6.45, 7) is 3.46. The van der Waals surface area contributed by atoms with Crippen LogP contribution in [-0.2, 0) is 0 Å². The Balaban J connectivity index is 4.22. The Morgan fingerprint density at radius 3 is 2.09 bits per heavy atom. The Morgan fingerprint density at radius 1 is 1.27 bits per heavy atom. The zero-order valence-corrected chi connectivity index (χ0v) is 6.83. The summed E-state index contributed by atoms with van der Waals surface area (Å²) in [7, 11) is 0. The van der Waals surface area contributed by atoms with Gasteiger partial charge in [0.1, 0.15) is 0 Å². The molecule has 0 heterocycles. The summed E-state index contributed by atoms with van der Waals surface area (Å²) < 4.78 is 36.1.